The third kappa shape index (κ3) is 2.34. The number of hydrogen-bond donors (Lipinski definition) is 1. The molecule has 13 heavy (non-hydrogen) atoms. The summed E-state index contributed by atoms with van der Waals surface area (Å²) in [5.41, 5.74) is -0.540. The maximum Gasteiger partial charge on any atom is 0.0707 e. The highest BCUT2D eigenvalue weighted by molar-refractivity contribution is 4.95. The standard InChI is InChI=1S/C12H22O/c1-4-10(2)12(3,13)11-8-6-5-7-9-11/h4,10-11,13H,1,5-9H2,2-3H3/t10-,12-/m0/s1. The van der Waals surface area contributed by atoms with Crippen LogP contribution >= 0.6 is 0 Å². The minimum Gasteiger partial charge on any atom is -0.389 e. The van der Waals surface area contributed by atoms with E-state index in [-0.39, 0.29) is 5.92 Å². The van der Waals surface area contributed by atoms with Crippen LogP contribution in [0.25, 0.3) is 0 Å². The van der Waals surface area contributed by atoms with Gasteiger partial charge in [0.25, 0.3) is 0 Å². The third-order valence-electron chi connectivity index (χ3n) is 3.71. The van der Waals surface area contributed by atoms with Crippen molar-refractivity contribution in [3.8, 4) is 0 Å². The molecule has 0 aromatic rings. The van der Waals surface area contributed by atoms with Crippen molar-refractivity contribution in [2.45, 2.75) is 51.6 Å². The highest BCUT2D eigenvalue weighted by Crippen LogP contribution is 2.37. The fourth-order valence-electron chi connectivity index (χ4n) is 2.30. The molecule has 1 N–H and O–H groups in total. The molecule has 1 saturated carbocycles. The van der Waals surface area contributed by atoms with Crippen molar-refractivity contribution in [3.05, 3.63) is 12.7 Å². The molecule has 0 unspecified atom stereocenters. The highest BCUT2D eigenvalue weighted by atomic mass is 16.3. The minimum absolute atomic E-state index is 0.204. The van der Waals surface area contributed by atoms with Gasteiger partial charge in [-0.3, -0.25) is 0 Å². The molecule has 76 valence electrons. The lowest BCUT2D eigenvalue weighted by atomic mass is 9.72. The highest BCUT2D eigenvalue weighted by Gasteiger charge is 2.35. The van der Waals surface area contributed by atoms with E-state index in [2.05, 4.69) is 13.5 Å². The smallest absolute Gasteiger partial charge is 0.0707 e. The van der Waals surface area contributed by atoms with E-state index in [0.29, 0.717) is 5.92 Å². The molecule has 0 heterocycles. The van der Waals surface area contributed by atoms with E-state index in [4.69, 9.17) is 0 Å². The number of aliphatic hydroxyl groups is 1. The zero-order valence-corrected chi connectivity index (χ0v) is 8.92. The summed E-state index contributed by atoms with van der Waals surface area (Å²) in [5, 5.41) is 10.3. The van der Waals surface area contributed by atoms with E-state index in [1.165, 1.54) is 32.1 Å². The molecule has 0 bridgehead atoms. The van der Waals surface area contributed by atoms with Gasteiger partial charge in [-0.1, -0.05) is 32.3 Å². The molecule has 1 aliphatic carbocycles. The van der Waals surface area contributed by atoms with Gasteiger partial charge < -0.3 is 5.11 Å². The molecule has 2 atom stereocenters. The van der Waals surface area contributed by atoms with Crippen molar-refractivity contribution in [1.82, 2.24) is 0 Å². The van der Waals surface area contributed by atoms with Crippen molar-refractivity contribution in [2.75, 3.05) is 0 Å². The Kier molecular flexibility index (Phi) is 3.55. The average Bonchev–Trinajstić information content (AvgIpc) is 2.18. The van der Waals surface area contributed by atoms with Crippen LogP contribution in [0.15, 0.2) is 12.7 Å². The fourth-order valence-corrected chi connectivity index (χ4v) is 2.30. The lowest BCUT2D eigenvalue weighted by Gasteiger charge is -2.38. The molecule has 1 fully saturated rings. The van der Waals surface area contributed by atoms with E-state index in [0.717, 1.165) is 0 Å². The summed E-state index contributed by atoms with van der Waals surface area (Å²) in [6, 6.07) is 0. The number of hydrogen-bond acceptors (Lipinski definition) is 1. The molecule has 1 nitrogen and oxygen atoms in total. The first kappa shape index (κ1) is 10.8. The van der Waals surface area contributed by atoms with Crippen molar-refractivity contribution < 1.29 is 5.11 Å². The van der Waals surface area contributed by atoms with E-state index >= 15 is 0 Å². The normalized spacial score (nSPS) is 26.4. The Bertz CT molecular complexity index is 166. The Morgan fingerprint density at radius 3 is 2.38 bits per heavy atom. The molecule has 1 heteroatoms. The predicted octanol–water partition coefficient (Wildman–Crippen LogP) is 3.14. The molecule has 0 aromatic carbocycles. The van der Waals surface area contributed by atoms with Crippen LogP contribution in [-0.4, -0.2) is 10.7 Å². The molecule has 0 spiro atoms. The fraction of sp³-hybridized carbons (Fsp3) is 0.833. The van der Waals surface area contributed by atoms with Crippen molar-refractivity contribution in [1.29, 1.82) is 0 Å². The molecule has 1 rings (SSSR count). The maximum atomic E-state index is 10.3. The predicted molar refractivity (Wildman–Crippen MR) is 56.6 cm³/mol. The average molecular weight is 182 g/mol. The summed E-state index contributed by atoms with van der Waals surface area (Å²) >= 11 is 0. The van der Waals surface area contributed by atoms with Gasteiger partial charge in [-0.2, -0.15) is 0 Å². The second kappa shape index (κ2) is 4.28. The summed E-state index contributed by atoms with van der Waals surface area (Å²) in [5.74, 6) is 0.685. The molecule has 0 aromatic heterocycles. The zero-order chi connectivity index (χ0) is 9.90. The summed E-state index contributed by atoms with van der Waals surface area (Å²) < 4.78 is 0. The Hall–Kier alpha value is -0.300. The van der Waals surface area contributed by atoms with Gasteiger partial charge in [0.2, 0.25) is 0 Å². The summed E-state index contributed by atoms with van der Waals surface area (Å²) in [6.45, 7) is 7.79. The molecule has 0 radical (unpaired) electrons. The van der Waals surface area contributed by atoms with Gasteiger partial charge >= 0.3 is 0 Å². The Morgan fingerprint density at radius 1 is 1.38 bits per heavy atom. The lowest BCUT2D eigenvalue weighted by Crippen LogP contribution is -2.41. The zero-order valence-electron chi connectivity index (χ0n) is 8.92. The van der Waals surface area contributed by atoms with Crippen LogP contribution in [0, 0.1) is 11.8 Å². The van der Waals surface area contributed by atoms with Gasteiger partial charge in [0.1, 0.15) is 0 Å². The van der Waals surface area contributed by atoms with Gasteiger partial charge in [0.05, 0.1) is 5.60 Å². The molecule has 0 saturated heterocycles. The van der Waals surface area contributed by atoms with E-state index < -0.39 is 5.60 Å². The maximum absolute atomic E-state index is 10.3. The van der Waals surface area contributed by atoms with Crippen LogP contribution in [0.4, 0.5) is 0 Å². The van der Waals surface area contributed by atoms with Crippen LogP contribution in [-0.2, 0) is 0 Å². The molecule has 0 amide bonds. The monoisotopic (exact) mass is 182 g/mol. The van der Waals surface area contributed by atoms with E-state index in [1.807, 2.05) is 13.0 Å². The van der Waals surface area contributed by atoms with Gasteiger partial charge in [0.15, 0.2) is 0 Å². The summed E-state index contributed by atoms with van der Waals surface area (Å²) in [4.78, 5) is 0. The first-order valence-electron chi connectivity index (χ1n) is 5.44. The van der Waals surface area contributed by atoms with Crippen molar-refractivity contribution in [2.24, 2.45) is 11.8 Å². The van der Waals surface area contributed by atoms with Crippen molar-refractivity contribution in [3.63, 3.8) is 0 Å². The Labute approximate surface area is 81.9 Å². The first-order chi connectivity index (χ1) is 6.09. The quantitative estimate of drug-likeness (QED) is 0.665. The van der Waals surface area contributed by atoms with Crippen LogP contribution in [0.5, 0.6) is 0 Å². The Morgan fingerprint density at radius 2 is 1.92 bits per heavy atom. The largest absolute Gasteiger partial charge is 0.389 e. The molecular formula is C12H22O. The van der Waals surface area contributed by atoms with Crippen LogP contribution in [0.2, 0.25) is 0 Å². The van der Waals surface area contributed by atoms with Crippen LogP contribution < -0.4 is 0 Å². The van der Waals surface area contributed by atoms with Gasteiger partial charge in [0, 0.05) is 5.92 Å². The summed E-state index contributed by atoms with van der Waals surface area (Å²) in [7, 11) is 0. The second-order valence-corrected chi connectivity index (χ2v) is 4.59. The number of rotatable bonds is 3. The third-order valence-corrected chi connectivity index (χ3v) is 3.71. The van der Waals surface area contributed by atoms with Gasteiger partial charge in [-0.25, -0.2) is 0 Å². The minimum atomic E-state index is -0.540. The molecule has 0 aliphatic heterocycles. The SMILES string of the molecule is C=C[C@H](C)[C@](C)(O)C1CCCCC1. The van der Waals surface area contributed by atoms with Crippen LogP contribution in [0.1, 0.15) is 46.0 Å². The Balaban J connectivity index is 2.60. The summed E-state index contributed by atoms with van der Waals surface area (Å²) in [6.07, 6.45) is 8.15. The van der Waals surface area contributed by atoms with Gasteiger partial charge in [-0.05, 0) is 25.7 Å². The van der Waals surface area contributed by atoms with Crippen LogP contribution in [0.3, 0.4) is 0 Å². The lowest BCUT2D eigenvalue weighted by molar-refractivity contribution is -0.0455. The van der Waals surface area contributed by atoms with E-state index in [1.54, 1.807) is 0 Å². The second-order valence-electron chi connectivity index (χ2n) is 4.59. The first-order valence-corrected chi connectivity index (χ1v) is 5.44. The van der Waals surface area contributed by atoms with Crippen molar-refractivity contribution >= 4 is 0 Å². The van der Waals surface area contributed by atoms with E-state index in [9.17, 15) is 5.11 Å². The van der Waals surface area contributed by atoms with Gasteiger partial charge in [-0.15, -0.1) is 6.58 Å². The molecular weight excluding hydrogens is 160 g/mol. The molecule has 1 aliphatic rings. The topological polar surface area (TPSA) is 20.2 Å².